The van der Waals surface area contributed by atoms with Crippen LogP contribution in [0.3, 0.4) is 0 Å². The molecule has 31 heavy (non-hydrogen) atoms. The van der Waals surface area contributed by atoms with E-state index in [-0.39, 0.29) is 0 Å². The molecule has 0 radical (unpaired) electrons. The number of aryl methyl sites for hydroxylation is 2. The lowest BCUT2D eigenvalue weighted by atomic mass is 9.92. The average Bonchev–Trinajstić information content (AvgIpc) is 3.30. The third kappa shape index (κ3) is 1.96. The topological polar surface area (TPSA) is 0 Å². The quantitative estimate of drug-likeness (QED) is 0.241. The lowest BCUT2D eigenvalue weighted by Gasteiger charge is -2.12. The average molecular weight is 395 g/mol. The van der Waals surface area contributed by atoms with Gasteiger partial charge >= 0.3 is 0 Å². The largest absolute Gasteiger partial charge is 0.0610 e. The lowest BCUT2D eigenvalue weighted by Crippen LogP contribution is -1.93. The van der Waals surface area contributed by atoms with Gasteiger partial charge in [0, 0.05) is 0 Å². The summed E-state index contributed by atoms with van der Waals surface area (Å²) in [5, 5.41) is 17.4. The molecule has 0 atom stereocenters. The van der Waals surface area contributed by atoms with Crippen LogP contribution in [0.2, 0.25) is 0 Å². The minimum Gasteiger partial charge on any atom is -0.0610 e. The number of hydrogen-bond acceptors (Lipinski definition) is 0. The van der Waals surface area contributed by atoms with E-state index in [4.69, 9.17) is 0 Å². The molecule has 0 unspecified atom stereocenters. The van der Waals surface area contributed by atoms with E-state index >= 15 is 0 Å². The summed E-state index contributed by atoms with van der Waals surface area (Å²) in [5.41, 5.74) is 3.10. The fourth-order valence-electron chi connectivity index (χ4n) is 6.67. The highest BCUT2D eigenvalue weighted by Crippen LogP contribution is 2.48. The molecule has 2 bridgehead atoms. The minimum absolute atomic E-state index is 1.18. The van der Waals surface area contributed by atoms with Crippen LogP contribution in [0.15, 0.2) is 72.8 Å². The normalized spacial score (nSPS) is 15.1. The van der Waals surface area contributed by atoms with Gasteiger partial charge in [-0.2, -0.15) is 0 Å². The number of benzene rings is 5. The fourth-order valence-corrected chi connectivity index (χ4v) is 6.67. The highest BCUT2D eigenvalue weighted by atomic mass is 14.2. The summed E-state index contributed by atoms with van der Waals surface area (Å²) in [7, 11) is 0. The van der Waals surface area contributed by atoms with Gasteiger partial charge < -0.3 is 0 Å². The third-order valence-electron chi connectivity index (χ3n) is 7.88. The van der Waals surface area contributed by atoms with Crippen LogP contribution in [0.1, 0.15) is 30.4 Å². The summed E-state index contributed by atoms with van der Waals surface area (Å²) < 4.78 is 0. The van der Waals surface area contributed by atoms with Gasteiger partial charge in [0.1, 0.15) is 0 Å². The minimum atomic E-state index is 1.18. The Morgan fingerprint density at radius 1 is 0.419 bits per heavy atom. The summed E-state index contributed by atoms with van der Waals surface area (Å²) in [6.07, 6.45) is 6.25. The van der Waals surface area contributed by atoms with Crippen LogP contribution in [0.25, 0.3) is 64.6 Å². The Balaban J connectivity index is 1.73. The van der Waals surface area contributed by atoms with Gasteiger partial charge in [0.05, 0.1) is 0 Å². The van der Waals surface area contributed by atoms with Crippen molar-refractivity contribution in [1.82, 2.24) is 0 Å². The van der Waals surface area contributed by atoms with Crippen molar-refractivity contribution >= 4 is 64.6 Å². The molecule has 0 spiro atoms. The summed E-state index contributed by atoms with van der Waals surface area (Å²) in [5.74, 6) is 0. The van der Waals surface area contributed by atoms with E-state index in [2.05, 4.69) is 72.8 Å². The van der Waals surface area contributed by atoms with E-state index in [0.29, 0.717) is 0 Å². The Morgan fingerprint density at radius 3 is 1.87 bits per heavy atom. The van der Waals surface area contributed by atoms with Gasteiger partial charge in [0.25, 0.3) is 0 Å². The molecule has 0 saturated carbocycles. The molecule has 7 aromatic carbocycles. The van der Waals surface area contributed by atoms with Crippen molar-refractivity contribution in [2.45, 2.75) is 32.1 Å². The van der Waals surface area contributed by atoms with Crippen LogP contribution in [0.4, 0.5) is 0 Å². The molecule has 7 aromatic rings. The molecule has 0 fully saturated rings. The Morgan fingerprint density at radius 2 is 1.06 bits per heavy atom. The molecule has 1 aliphatic rings. The summed E-state index contributed by atoms with van der Waals surface area (Å²) >= 11 is 0. The summed E-state index contributed by atoms with van der Waals surface area (Å²) in [6.45, 7) is 0. The van der Waals surface area contributed by atoms with Crippen LogP contribution >= 0.6 is 0 Å². The van der Waals surface area contributed by atoms with Crippen LogP contribution in [0, 0.1) is 0 Å². The van der Waals surface area contributed by atoms with Crippen LogP contribution in [-0.4, -0.2) is 0 Å². The first-order chi connectivity index (χ1) is 15.4. The molecule has 0 aliphatic heterocycles. The van der Waals surface area contributed by atoms with Crippen molar-refractivity contribution in [2.75, 3.05) is 0 Å². The van der Waals surface area contributed by atoms with Crippen molar-refractivity contribution in [2.24, 2.45) is 0 Å². The standard InChI is InChI=1S/C31H22/c1-2-7-18-15-20-10-6-13-22-26-17-25-21-12-4-8-19-9-5-14-23(28(19)21)30(25)24(11-3-1)31(26)27(16-18)29(20)22/h4-6,8-10,12-17H,1-3,7,11H2. The smallest absolute Gasteiger partial charge is 0.00261 e. The molecular formula is C31H22. The van der Waals surface area contributed by atoms with E-state index in [1.165, 1.54) is 102 Å². The van der Waals surface area contributed by atoms with Crippen molar-refractivity contribution in [3.8, 4) is 0 Å². The highest BCUT2D eigenvalue weighted by molar-refractivity contribution is 6.38. The van der Waals surface area contributed by atoms with Gasteiger partial charge in [-0.25, -0.2) is 0 Å². The SMILES string of the molecule is c1cc2cccc3c4c5c6c(cc4c(c1)c23)c1cccc2cc(cc6c21)CCCCC5. The molecule has 0 heterocycles. The molecular weight excluding hydrogens is 372 g/mol. The molecule has 0 nitrogen and oxygen atoms in total. The molecule has 0 amide bonds. The van der Waals surface area contributed by atoms with Gasteiger partial charge in [-0.1, -0.05) is 73.2 Å². The monoisotopic (exact) mass is 394 g/mol. The van der Waals surface area contributed by atoms with E-state index in [1.807, 2.05) is 0 Å². The van der Waals surface area contributed by atoms with Crippen molar-refractivity contribution in [1.29, 1.82) is 0 Å². The maximum Gasteiger partial charge on any atom is -0.00261 e. The zero-order valence-corrected chi connectivity index (χ0v) is 17.5. The van der Waals surface area contributed by atoms with Crippen molar-refractivity contribution < 1.29 is 0 Å². The first-order valence-electron chi connectivity index (χ1n) is 11.7. The van der Waals surface area contributed by atoms with E-state index < -0.39 is 0 Å². The molecule has 0 saturated heterocycles. The lowest BCUT2D eigenvalue weighted by molar-refractivity contribution is 0.681. The number of rotatable bonds is 0. The van der Waals surface area contributed by atoms with Gasteiger partial charge in [0.2, 0.25) is 0 Å². The van der Waals surface area contributed by atoms with E-state index in [1.54, 1.807) is 5.56 Å². The molecule has 1 aliphatic carbocycles. The van der Waals surface area contributed by atoms with Gasteiger partial charge in [-0.15, -0.1) is 0 Å². The maximum absolute atomic E-state index is 2.52. The third-order valence-corrected chi connectivity index (χ3v) is 7.88. The number of fused-ring (bicyclic) bond motifs is 6. The fraction of sp³-hybridized carbons (Fsp3) is 0.161. The maximum atomic E-state index is 2.52. The zero-order valence-electron chi connectivity index (χ0n) is 17.5. The van der Waals surface area contributed by atoms with Gasteiger partial charge in [-0.3, -0.25) is 0 Å². The highest BCUT2D eigenvalue weighted by Gasteiger charge is 2.22. The second-order valence-corrected chi connectivity index (χ2v) is 9.52. The molecule has 0 aromatic heterocycles. The van der Waals surface area contributed by atoms with Crippen molar-refractivity contribution in [3.05, 3.63) is 83.9 Å². The van der Waals surface area contributed by atoms with Gasteiger partial charge in [-0.05, 0) is 108 Å². The Kier molecular flexibility index (Phi) is 2.98. The second-order valence-electron chi connectivity index (χ2n) is 9.52. The van der Waals surface area contributed by atoms with Crippen LogP contribution in [0.5, 0.6) is 0 Å². The first-order valence-corrected chi connectivity index (χ1v) is 11.7. The summed E-state index contributed by atoms with van der Waals surface area (Å²) in [4.78, 5) is 0. The molecule has 0 heteroatoms. The zero-order chi connectivity index (χ0) is 20.1. The molecule has 146 valence electrons. The molecule has 8 rings (SSSR count). The molecule has 0 N–H and O–H groups in total. The first kappa shape index (κ1) is 16.3. The van der Waals surface area contributed by atoms with E-state index in [0.717, 1.165) is 0 Å². The summed E-state index contributed by atoms with van der Waals surface area (Å²) in [6, 6.07) is 28.1. The Bertz CT molecular complexity index is 1800. The van der Waals surface area contributed by atoms with Crippen molar-refractivity contribution in [3.63, 3.8) is 0 Å². The Hall–Kier alpha value is -3.38. The van der Waals surface area contributed by atoms with Crippen LogP contribution < -0.4 is 0 Å². The number of hydrogen-bond donors (Lipinski definition) is 0. The van der Waals surface area contributed by atoms with Gasteiger partial charge in [0.15, 0.2) is 0 Å². The van der Waals surface area contributed by atoms with Crippen LogP contribution in [-0.2, 0) is 12.8 Å². The predicted octanol–water partition coefficient (Wildman–Crippen LogP) is 8.75. The second kappa shape index (κ2) is 5.65. The Labute approximate surface area is 180 Å². The van der Waals surface area contributed by atoms with E-state index in [9.17, 15) is 0 Å². The predicted molar refractivity (Wildman–Crippen MR) is 135 cm³/mol.